The van der Waals surface area contributed by atoms with Gasteiger partial charge in [-0.05, 0) is 85.4 Å². The minimum absolute atomic E-state index is 0.0922. The van der Waals surface area contributed by atoms with E-state index in [1.54, 1.807) is 17.0 Å². The van der Waals surface area contributed by atoms with Gasteiger partial charge in [0.05, 0.1) is 18.2 Å². The molecule has 0 saturated heterocycles. The van der Waals surface area contributed by atoms with Crippen LogP contribution in [0, 0.1) is 41.8 Å². The third kappa shape index (κ3) is 3.80. The third-order valence-electron chi connectivity index (χ3n) is 6.47. The van der Waals surface area contributed by atoms with Gasteiger partial charge in [-0.15, -0.1) is 0 Å². The van der Waals surface area contributed by atoms with E-state index in [1.807, 2.05) is 25.1 Å². The fourth-order valence-electron chi connectivity index (χ4n) is 5.11. The van der Waals surface area contributed by atoms with E-state index >= 15 is 0 Å². The average Bonchev–Trinajstić information content (AvgIpc) is 3.30. The molecular weight excluding hydrogens is 351 g/mol. The summed E-state index contributed by atoms with van der Waals surface area (Å²) in [4.78, 5) is 15.1. The van der Waals surface area contributed by atoms with E-state index in [0.29, 0.717) is 30.4 Å². The molecule has 0 unspecified atom stereocenters. The molecule has 3 nitrogen and oxygen atoms in total. The zero-order valence-electron chi connectivity index (χ0n) is 16.2. The van der Waals surface area contributed by atoms with Crippen LogP contribution in [0.5, 0.6) is 0 Å². The Hall–Kier alpha value is -2.67. The van der Waals surface area contributed by atoms with Gasteiger partial charge in [-0.25, -0.2) is 4.39 Å². The lowest BCUT2D eigenvalue weighted by Crippen LogP contribution is -2.33. The fourth-order valence-corrected chi connectivity index (χ4v) is 5.11. The van der Waals surface area contributed by atoms with E-state index in [0.717, 1.165) is 29.2 Å². The molecule has 2 saturated carbocycles. The largest absolute Gasteiger partial charge is 0.308 e. The first-order chi connectivity index (χ1) is 13.5. The Balaban J connectivity index is 1.60. The highest BCUT2D eigenvalue weighted by molar-refractivity contribution is 5.94. The number of amides is 1. The van der Waals surface area contributed by atoms with Gasteiger partial charge in [-0.2, -0.15) is 5.26 Å². The van der Waals surface area contributed by atoms with Gasteiger partial charge in [0.15, 0.2) is 0 Å². The first-order valence-electron chi connectivity index (χ1n) is 10.1. The number of nitrogens with zero attached hydrogens (tertiary/aromatic N) is 2. The highest BCUT2D eigenvalue weighted by atomic mass is 19.1. The number of carbonyl (C=O) groups excluding carboxylic acids is 1. The number of fused-ring (bicyclic) bond motifs is 2. The average molecular weight is 376 g/mol. The summed E-state index contributed by atoms with van der Waals surface area (Å²) in [5, 5.41) is 9.17. The molecule has 2 bridgehead atoms. The summed E-state index contributed by atoms with van der Waals surface area (Å²) in [6, 6.07) is 14.1. The molecule has 0 spiro atoms. The van der Waals surface area contributed by atoms with Crippen molar-refractivity contribution in [1.29, 1.82) is 5.26 Å². The summed E-state index contributed by atoms with van der Waals surface area (Å²) in [7, 11) is 0. The number of anilines is 1. The molecule has 28 heavy (non-hydrogen) atoms. The zero-order valence-corrected chi connectivity index (χ0v) is 16.2. The van der Waals surface area contributed by atoms with Gasteiger partial charge >= 0.3 is 0 Å². The Morgan fingerprint density at radius 1 is 1.21 bits per heavy atom. The van der Waals surface area contributed by atoms with Gasteiger partial charge in [-0.3, -0.25) is 4.79 Å². The molecular formula is C24H25FN2O. The van der Waals surface area contributed by atoms with Gasteiger partial charge in [0.25, 0.3) is 0 Å². The summed E-state index contributed by atoms with van der Waals surface area (Å²) < 4.78 is 13.6. The molecule has 2 aliphatic rings. The van der Waals surface area contributed by atoms with Gasteiger partial charge in [-0.1, -0.05) is 18.6 Å². The van der Waals surface area contributed by atoms with Gasteiger partial charge in [0, 0.05) is 12.1 Å². The Bertz CT molecular complexity index is 932. The molecule has 144 valence electrons. The fraction of sp³-hybridized carbons (Fsp3) is 0.417. The van der Waals surface area contributed by atoms with Crippen LogP contribution < -0.4 is 4.90 Å². The number of carbonyl (C=O) groups is 1. The molecule has 4 heteroatoms. The van der Waals surface area contributed by atoms with Crippen LogP contribution in [-0.2, 0) is 11.3 Å². The maximum absolute atomic E-state index is 13.6. The van der Waals surface area contributed by atoms with Crippen molar-refractivity contribution in [3.63, 3.8) is 0 Å². The van der Waals surface area contributed by atoms with E-state index in [1.165, 1.54) is 31.4 Å². The molecule has 4 rings (SSSR count). The van der Waals surface area contributed by atoms with Crippen LogP contribution >= 0.6 is 0 Å². The van der Waals surface area contributed by atoms with Crippen LogP contribution in [0.15, 0.2) is 42.5 Å². The minimum Gasteiger partial charge on any atom is -0.308 e. The zero-order chi connectivity index (χ0) is 19.7. The highest BCUT2D eigenvalue weighted by Gasteiger charge is 2.40. The van der Waals surface area contributed by atoms with Crippen molar-refractivity contribution in [3.8, 4) is 6.07 Å². The monoisotopic (exact) mass is 376 g/mol. The normalized spacial score (nSPS) is 22.8. The quantitative estimate of drug-likeness (QED) is 0.704. The molecule has 2 aliphatic carbocycles. The number of hydrogen-bond donors (Lipinski definition) is 0. The third-order valence-corrected chi connectivity index (χ3v) is 6.47. The van der Waals surface area contributed by atoms with Crippen LogP contribution in [0.4, 0.5) is 10.1 Å². The smallest absolute Gasteiger partial charge is 0.227 e. The van der Waals surface area contributed by atoms with Crippen LogP contribution in [0.3, 0.4) is 0 Å². The van der Waals surface area contributed by atoms with Crippen LogP contribution in [0.25, 0.3) is 0 Å². The van der Waals surface area contributed by atoms with Crippen molar-refractivity contribution < 1.29 is 9.18 Å². The maximum atomic E-state index is 13.6. The Kier molecular flexibility index (Phi) is 5.17. The van der Waals surface area contributed by atoms with Gasteiger partial charge in [0.1, 0.15) is 5.82 Å². The van der Waals surface area contributed by atoms with E-state index in [9.17, 15) is 14.4 Å². The van der Waals surface area contributed by atoms with Crippen LogP contribution in [0.1, 0.15) is 48.8 Å². The second-order valence-electron chi connectivity index (χ2n) is 8.36. The Morgan fingerprint density at radius 2 is 2.07 bits per heavy atom. The van der Waals surface area contributed by atoms with Crippen molar-refractivity contribution in [3.05, 3.63) is 65.0 Å². The lowest BCUT2D eigenvalue weighted by molar-refractivity contribution is -0.120. The minimum atomic E-state index is -0.298. The molecule has 3 atom stereocenters. The predicted octanol–water partition coefficient (Wildman–Crippen LogP) is 5.37. The van der Waals surface area contributed by atoms with Crippen molar-refractivity contribution in [1.82, 2.24) is 0 Å². The second-order valence-corrected chi connectivity index (χ2v) is 8.36. The van der Waals surface area contributed by atoms with Crippen molar-refractivity contribution >= 4 is 11.6 Å². The molecule has 0 aromatic heterocycles. The van der Waals surface area contributed by atoms with Crippen LogP contribution in [-0.4, -0.2) is 5.91 Å². The SMILES string of the molecule is Cc1cc(F)ccc1N(Cc1cccc(C#N)c1)C(=O)C[C@@H]1C[C@@H]2CC[C@@H]1C2. The van der Waals surface area contributed by atoms with E-state index in [4.69, 9.17) is 0 Å². The summed E-state index contributed by atoms with van der Waals surface area (Å²) in [5.74, 6) is 1.76. The first-order valence-corrected chi connectivity index (χ1v) is 10.1. The van der Waals surface area contributed by atoms with Gasteiger partial charge in [0.2, 0.25) is 5.91 Å². The second kappa shape index (κ2) is 7.75. The van der Waals surface area contributed by atoms with E-state index < -0.39 is 0 Å². The summed E-state index contributed by atoms with van der Waals surface area (Å²) in [6.45, 7) is 2.23. The number of halogens is 1. The lowest BCUT2D eigenvalue weighted by atomic mass is 9.86. The number of hydrogen-bond acceptors (Lipinski definition) is 2. The van der Waals surface area contributed by atoms with Crippen molar-refractivity contribution in [2.24, 2.45) is 17.8 Å². The molecule has 0 N–H and O–H groups in total. The van der Waals surface area contributed by atoms with E-state index in [-0.39, 0.29) is 11.7 Å². The number of rotatable bonds is 5. The van der Waals surface area contributed by atoms with Crippen molar-refractivity contribution in [2.45, 2.75) is 45.6 Å². The number of aryl methyl sites for hydroxylation is 1. The Morgan fingerprint density at radius 3 is 2.75 bits per heavy atom. The number of nitriles is 1. The maximum Gasteiger partial charge on any atom is 0.227 e. The molecule has 1 amide bonds. The molecule has 2 fully saturated rings. The van der Waals surface area contributed by atoms with E-state index in [2.05, 4.69) is 6.07 Å². The summed E-state index contributed by atoms with van der Waals surface area (Å²) >= 11 is 0. The predicted molar refractivity (Wildman–Crippen MR) is 107 cm³/mol. The summed E-state index contributed by atoms with van der Waals surface area (Å²) in [5.41, 5.74) is 2.98. The van der Waals surface area contributed by atoms with Crippen molar-refractivity contribution in [2.75, 3.05) is 4.90 Å². The first kappa shape index (κ1) is 18.7. The molecule has 0 radical (unpaired) electrons. The lowest BCUT2D eigenvalue weighted by Gasteiger charge is -2.28. The highest BCUT2D eigenvalue weighted by Crippen LogP contribution is 2.49. The molecule has 2 aromatic rings. The molecule has 0 heterocycles. The Labute approximate surface area is 165 Å². The van der Waals surface area contributed by atoms with Gasteiger partial charge < -0.3 is 4.90 Å². The number of benzene rings is 2. The molecule has 0 aliphatic heterocycles. The topological polar surface area (TPSA) is 44.1 Å². The summed E-state index contributed by atoms with van der Waals surface area (Å²) in [6.07, 6.45) is 5.56. The molecule has 2 aromatic carbocycles. The van der Waals surface area contributed by atoms with Crippen LogP contribution in [0.2, 0.25) is 0 Å². The standard InChI is InChI=1S/C24H25FN2O/c1-16-9-22(25)7-8-23(16)27(15-19-4-2-3-18(10-19)14-26)24(28)13-21-12-17-5-6-20(21)11-17/h2-4,7-10,17,20-21H,5-6,11-13,15H2,1H3/t17-,20-,21+/m1/s1.